The second kappa shape index (κ2) is 12.1. The van der Waals surface area contributed by atoms with Gasteiger partial charge in [0.05, 0.1) is 37.5 Å². The Morgan fingerprint density at radius 2 is 1.95 bits per heavy atom. The number of benzene rings is 1. The van der Waals surface area contributed by atoms with Crippen molar-refractivity contribution < 1.29 is 19.1 Å². The van der Waals surface area contributed by atoms with Crippen LogP contribution >= 0.6 is 0 Å². The largest absolute Gasteiger partial charge is 0.492 e. The standard InChI is InChI=1S/C29H37N7O4/c37-27-2-1-9-35(27)14-17-40-23-4-5-24-25(18-23)31-20-32-28(24)21-7-10-36(11-8-21)29(38)33-22-3-6-26(30-19-22)34-12-15-39-16-13-34/h3-6,18,20-21,30H,1-2,7-17,19H2,(H,33,38). The van der Waals surface area contributed by atoms with Crippen molar-refractivity contribution >= 4 is 22.8 Å². The first-order valence-corrected chi connectivity index (χ1v) is 14.3. The van der Waals surface area contributed by atoms with Crippen molar-refractivity contribution in [2.45, 2.75) is 31.6 Å². The van der Waals surface area contributed by atoms with Crippen LogP contribution in [0.4, 0.5) is 4.79 Å². The SMILES string of the molecule is O=C1CCCN1CCOc1ccc2c(C3CCN(C(=O)NC4=CC=C(N5CCOCC5)NC4)CC3)ncnc2c1. The van der Waals surface area contributed by atoms with E-state index in [1.54, 1.807) is 6.33 Å². The van der Waals surface area contributed by atoms with Gasteiger partial charge in [0.25, 0.3) is 0 Å². The second-order valence-electron chi connectivity index (χ2n) is 10.7. The molecule has 3 amide bonds. The molecule has 11 heteroatoms. The number of likely N-dealkylation sites (tertiary alicyclic amines) is 2. The molecule has 0 aliphatic carbocycles. The molecular formula is C29H37N7O4. The van der Waals surface area contributed by atoms with Crippen molar-refractivity contribution in [2.75, 3.05) is 65.6 Å². The normalized spacial score (nSPS) is 20.3. The molecule has 0 spiro atoms. The third-order valence-electron chi connectivity index (χ3n) is 8.13. The molecule has 0 atom stereocenters. The van der Waals surface area contributed by atoms with Gasteiger partial charge in [-0.05, 0) is 43.5 Å². The quantitative estimate of drug-likeness (QED) is 0.543. The van der Waals surface area contributed by atoms with E-state index >= 15 is 0 Å². The fourth-order valence-corrected chi connectivity index (χ4v) is 5.85. The molecule has 0 unspecified atom stereocenters. The lowest BCUT2D eigenvalue weighted by atomic mass is 9.91. The number of hydrogen-bond acceptors (Lipinski definition) is 8. The molecule has 0 saturated carbocycles. The molecule has 4 aliphatic heterocycles. The Hall–Kier alpha value is -3.86. The number of nitrogens with one attached hydrogen (secondary N) is 2. The van der Waals surface area contributed by atoms with Crippen LogP contribution in [0.15, 0.2) is 48.2 Å². The number of nitrogens with zero attached hydrogens (tertiary/aromatic N) is 5. The Balaban J connectivity index is 1.01. The van der Waals surface area contributed by atoms with Gasteiger partial charge in [0.1, 0.15) is 24.5 Å². The number of fused-ring (bicyclic) bond motifs is 1. The monoisotopic (exact) mass is 547 g/mol. The average molecular weight is 548 g/mol. The summed E-state index contributed by atoms with van der Waals surface area (Å²) in [5.41, 5.74) is 2.75. The summed E-state index contributed by atoms with van der Waals surface area (Å²) in [7, 11) is 0. The molecule has 2 N–H and O–H groups in total. The van der Waals surface area contributed by atoms with Crippen LogP contribution in [-0.2, 0) is 9.53 Å². The Labute approximate surface area is 234 Å². The van der Waals surface area contributed by atoms with Crippen molar-refractivity contribution in [2.24, 2.45) is 0 Å². The molecule has 11 nitrogen and oxygen atoms in total. The zero-order chi connectivity index (χ0) is 27.3. The predicted molar refractivity (Wildman–Crippen MR) is 149 cm³/mol. The molecule has 2 aromatic rings. The zero-order valence-electron chi connectivity index (χ0n) is 22.8. The lowest BCUT2D eigenvalue weighted by Crippen LogP contribution is -2.46. The number of allylic oxidation sites excluding steroid dienone is 2. The third-order valence-corrected chi connectivity index (χ3v) is 8.13. The topological polar surface area (TPSA) is 112 Å². The smallest absolute Gasteiger partial charge is 0.321 e. The number of dihydropyridines is 1. The molecule has 5 heterocycles. The van der Waals surface area contributed by atoms with E-state index in [-0.39, 0.29) is 17.9 Å². The van der Waals surface area contributed by atoms with Gasteiger partial charge in [0.15, 0.2) is 0 Å². The number of urea groups is 1. The van der Waals surface area contributed by atoms with Crippen LogP contribution in [0.1, 0.15) is 37.3 Å². The zero-order valence-corrected chi connectivity index (χ0v) is 22.8. The molecule has 3 saturated heterocycles. The average Bonchev–Trinajstić information content (AvgIpc) is 3.42. The Kier molecular flexibility index (Phi) is 7.99. The Morgan fingerprint density at radius 1 is 1.10 bits per heavy atom. The van der Waals surface area contributed by atoms with Crippen LogP contribution in [0.25, 0.3) is 10.9 Å². The molecular weight excluding hydrogens is 510 g/mol. The van der Waals surface area contributed by atoms with Crippen LogP contribution < -0.4 is 15.4 Å². The van der Waals surface area contributed by atoms with E-state index in [0.29, 0.717) is 39.2 Å². The van der Waals surface area contributed by atoms with Gasteiger partial charge in [-0.25, -0.2) is 14.8 Å². The number of morpholine rings is 1. The summed E-state index contributed by atoms with van der Waals surface area (Å²) in [6, 6.07) is 5.87. The first-order chi connectivity index (χ1) is 19.6. The first-order valence-electron chi connectivity index (χ1n) is 14.3. The number of hydrogen-bond donors (Lipinski definition) is 2. The molecule has 3 fully saturated rings. The summed E-state index contributed by atoms with van der Waals surface area (Å²) in [4.78, 5) is 39.9. The number of piperidine rings is 1. The van der Waals surface area contributed by atoms with Crippen LogP contribution in [0.3, 0.4) is 0 Å². The molecule has 6 rings (SSSR count). The molecule has 1 aromatic heterocycles. The summed E-state index contributed by atoms with van der Waals surface area (Å²) in [6.07, 6.45) is 8.90. The highest BCUT2D eigenvalue weighted by molar-refractivity contribution is 5.83. The minimum Gasteiger partial charge on any atom is -0.492 e. The van der Waals surface area contributed by atoms with Crippen molar-refractivity contribution in [3.05, 3.63) is 53.9 Å². The summed E-state index contributed by atoms with van der Waals surface area (Å²) in [5.74, 6) is 2.29. The minimum atomic E-state index is -0.0558. The van der Waals surface area contributed by atoms with Gasteiger partial charge in [0, 0.05) is 62.2 Å². The third kappa shape index (κ3) is 5.99. The molecule has 4 aliphatic rings. The maximum Gasteiger partial charge on any atom is 0.321 e. The number of ether oxygens (including phenoxy) is 2. The van der Waals surface area contributed by atoms with Gasteiger partial charge in [-0.1, -0.05) is 0 Å². The maximum absolute atomic E-state index is 13.0. The molecule has 212 valence electrons. The van der Waals surface area contributed by atoms with Crippen LogP contribution in [0, 0.1) is 0 Å². The van der Waals surface area contributed by atoms with Gasteiger partial charge >= 0.3 is 6.03 Å². The van der Waals surface area contributed by atoms with E-state index in [0.717, 1.165) is 86.0 Å². The van der Waals surface area contributed by atoms with Gasteiger partial charge in [-0.3, -0.25) is 4.79 Å². The number of carbonyl (C=O) groups is 2. The second-order valence-corrected chi connectivity index (χ2v) is 10.7. The predicted octanol–water partition coefficient (Wildman–Crippen LogP) is 2.18. The van der Waals surface area contributed by atoms with Crippen LogP contribution in [-0.4, -0.2) is 102 Å². The molecule has 1 aromatic carbocycles. The lowest BCUT2D eigenvalue weighted by molar-refractivity contribution is -0.128. The van der Waals surface area contributed by atoms with E-state index in [1.165, 1.54) is 0 Å². The molecule has 40 heavy (non-hydrogen) atoms. The highest BCUT2D eigenvalue weighted by atomic mass is 16.5. The van der Waals surface area contributed by atoms with Crippen LogP contribution in [0.2, 0.25) is 0 Å². The van der Waals surface area contributed by atoms with Crippen molar-refractivity contribution in [1.29, 1.82) is 0 Å². The number of aromatic nitrogens is 2. The van der Waals surface area contributed by atoms with Gasteiger partial charge in [-0.2, -0.15) is 0 Å². The fourth-order valence-electron chi connectivity index (χ4n) is 5.85. The van der Waals surface area contributed by atoms with Gasteiger partial charge in [0.2, 0.25) is 5.91 Å². The van der Waals surface area contributed by atoms with Crippen molar-refractivity contribution in [3.8, 4) is 5.75 Å². The first kappa shape index (κ1) is 26.4. The maximum atomic E-state index is 13.0. The highest BCUT2D eigenvalue weighted by Crippen LogP contribution is 2.32. The minimum absolute atomic E-state index is 0.0558. The summed E-state index contributed by atoms with van der Waals surface area (Å²) in [5, 5.41) is 7.51. The van der Waals surface area contributed by atoms with Crippen LogP contribution in [0.5, 0.6) is 5.75 Å². The Morgan fingerprint density at radius 3 is 2.70 bits per heavy atom. The van der Waals surface area contributed by atoms with E-state index < -0.39 is 0 Å². The fraction of sp³-hybridized carbons (Fsp3) is 0.517. The van der Waals surface area contributed by atoms with E-state index in [1.807, 2.05) is 40.2 Å². The summed E-state index contributed by atoms with van der Waals surface area (Å²) >= 11 is 0. The number of carbonyl (C=O) groups excluding carboxylic acids is 2. The molecule has 0 radical (unpaired) electrons. The van der Waals surface area contributed by atoms with Crippen molar-refractivity contribution in [3.63, 3.8) is 0 Å². The van der Waals surface area contributed by atoms with Crippen molar-refractivity contribution in [1.82, 2.24) is 35.3 Å². The summed E-state index contributed by atoms with van der Waals surface area (Å²) < 4.78 is 11.4. The van der Waals surface area contributed by atoms with E-state index in [9.17, 15) is 9.59 Å². The van der Waals surface area contributed by atoms with E-state index in [4.69, 9.17) is 9.47 Å². The Bertz CT molecular complexity index is 1300. The number of amides is 3. The van der Waals surface area contributed by atoms with Gasteiger partial charge < -0.3 is 34.8 Å². The molecule has 0 bridgehead atoms. The summed E-state index contributed by atoms with van der Waals surface area (Å²) in [6.45, 7) is 7.08. The van der Waals surface area contributed by atoms with E-state index in [2.05, 4.69) is 25.5 Å². The van der Waals surface area contributed by atoms with Gasteiger partial charge in [-0.15, -0.1) is 0 Å². The highest BCUT2D eigenvalue weighted by Gasteiger charge is 2.27. The number of rotatable bonds is 7. The lowest BCUT2D eigenvalue weighted by Gasteiger charge is -2.34.